The largest absolute Gasteiger partial charge is 0.516 e. The predicted molar refractivity (Wildman–Crippen MR) is 77.8 cm³/mol. The lowest BCUT2D eigenvalue weighted by Crippen LogP contribution is -2.50. The van der Waals surface area contributed by atoms with Crippen LogP contribution < -0.4 is 5.73 Å². The number of nitrogens with two attached hydrogens (primary N) is 1. The van der Waals surface area contributed by atoms with Crippen LogP contribution in [-0.4, -0.2) is 48.2 Å². The lowest BCUT2D eigenvalue weighted by Gasteiger charge is -2.30. The molecule has 1 unspecified atom stereocenters. The van der Waals surface area contributed by atoms with Gasteiger partial charge in [0, 0.05) is 6.54 Å². The quantitative estimate of drug-likeness (QED) is 0.605. The number of esters is 1. The standard InChI is InChI=1S/C15H24N2O5/c1-2-21-15(20)22-14(19)12-7-4-8-17(12)13(18)11(16)9-10-5-3-6-10/h10-12H,2-9,16H2,1H3/t11?,12-/m0/s1. The summed E-state index contributed by atoms with van der Waals surface area (Å²) in [6, 6.07) is -1.31. The molecule has 0 radical (unpaired) electrons. The Balaban J connectivity index is 1.89. The van der Waals surface area contributed by atoms with Crippen molar-refractivity contribution < 1.29 is 23.9 Å². The van der Waals surface area contributed by atoms with Crippen LogP contribution in [0.4, 0.5) is 4.79 Å². The molecule has 2 fully saturated rings. The van der Waals surface area contributed by atoms with E-state index in [-0.39, 0.29) is 12.5 Å². The fourth-order valence-corrected chi connectivity index (χ4v) is 2.97. The van der Waals surface area contributed by atoms with Crippen molar-refractivity contribution >= 4 is 18.0 Å². The van der Waals surface area contributed by atoms with Gasteiger partial charge in [-0.25, -0.2) is 9.59 Å². The molecule has 2 rings (SSSR count). The van der Waals surface area contributed by atoms with Gasteiger partial charge in [-0.3, -0.25) is 4.79 Å². The molecule has 124 valence electrons. The average molecular weight is 312 g/mol. The molecule has 0 aromatic rings. The average Bonchev–Trinajstić information content (AvgIpc) is 2.91. The summed E-state index contributed by atoms with van der Waals surface area (Å²) in [6.45, 7) is 2.22. The molecular weight excluding hydrogens is 288 g/mol. The second kappa shape index (κ2) is 7.58. The van der Waals surface area contributed by atoms with Crippen LogP contribution >= 0.6 is 0 Å². The van der Waals surface area contributed by atoms with Gasteiger partial charge in [-0.15, -0.1) is 0 Å². The van der Waals surface area contributed by atoms with Crippen molar-refractivity contribution in [3.8, 4) is 0 Å². The summed E-state index contributed by atoms with van der Waals surface area (Å²) in [5.41, 5.74) is 5.98. The molecule has 1 heterocycles. The minimum Gasteiger partial charge on any atom is -0.434 e. The topological polar surface area (TPSA) is 98.9 Å². The molecule has 2 atom stereocenters. The minimum atomic E-state index is -1.02. The van der Waals surface area contributed by atoms with E-state index in [4.69, 9.17) is 5.73 Å². The third-order valence-corrected chi connectivity index (χ3v) is 4.38. The molecule has 7 nitrogen and oxygen atoms in total. The van der Waals surface area contributed by atoms with E-state index in [1.807, 2.05) is 0 Å². The first kappa shape index (κ1) is 16.7. The van der Waals surface area contributed by atoms with E-state index >= 15 is 0 Å². The molecular formula is C15H24N2O5. The zero-order valence-electron chi connectivity index (χ0n) is 13.0. The molecule has 1 saturated heterocycles. The molecule has 0 spiro atoms. The highest BCUT2D eigenvalue weighted by molar-refractivity contribution is 5.91. The number of nitrogens with zero attached hydrogens (tertiary/aromatic N) is 1. The van der Waals surface area contributed by atoms with Crippen LogP contribution in [0.2, 0.25) is 0 Å². The monoisotopic (exact) mass is 312 g/mol. The van der Waals surface area contributed by atoms with Gasteiger partial charge in [-0.2, -0.15) is 0 Å². The Labute approximate surface area is 130 Å². The summed E-state index contributed by atoms with van der Waals surface area (Å²) < 4.78 is 9.19. The van der Waals surface area contributed by atoms with E-state index in [1.54, 1.807) is 6.92 Å². The van der Waals surface area contributed by atoms with E-state index in [2.05, 4.69) is 9.47 Å². The molecule has 1 saturated carbocycles. The summed E-state index contributed by atoms with van der Waals surface area (Å²) in [5, 5.41) is 0. The second-order valence-corrected chi connectivity index (χ2v) is 5.93. The first-order valence-electron chi connectivity index (χ1n) is 7.97. The molecule has 0 bridgehead atoms. The Hall–Kier alpha value is -1.63. The van der Waals surface area contributed by atoms with E-state index in [1.165, 1.54) is 11.3 Å². The van der Waals surface area contributed by atoms with Crippen molar-refractivity contribution in [1.29, 1.82) is 0 Å². The SMILES string of the molecule is CCOC(=O)OC(=O)[C@@H]1CCCN1C(=O)C(N)CC1CCC1. The zero-order chi connectivity index (χ0) is 16.1. The van der Waals surface area contributed by atoms with Gasteiger partial charge in [0.25, 0.3) is 0 Å². The second-order valence-electron chi connectivity index (χ2n) is 5.93. The number of carbonyl (C=O) groups is 3. The van der Waals surface area contributed by atoms with Crippen molar-refractivity contribution in [2.75, 3.05) is 13.2 Å². The van der Waals surface area contributed by atoms with Crippen LogP contribution in [-0.2, 0) is 19.1 Å². The zero-order valence-corrected chi connectivity index (χ0v) is 13.0. The summed E-state index contributed by atoms with van der Waals surface area (Å²) in [4.78, 5) is 37.1. The predicted octanol–water partition coefficient (Wildman–Crippen LogP) is 1.19. The molecule has 1 aliphatic carbocycles. The van der Waals surface area contributed by atoms with Gasteiger partial charge in [0.1, 0.15) is 6.04 Å². The highest BCUT2D eigenvalue weighted by atomic mass is 16.7. The number of ether oxygens (including phenoxy) is 2. The summed E-state index contributed by atoms with van der Waals surface area (Å²) in [6.07, 6.45) is 4.26. The van der Waals surface area contributed by atoms with Crippen molar-refractivity contribution in [2.24, 2.45) is 11.7 Å². The Morgan fingerprint density at radius 1 is 1.23 bits per heavy atom. The fourth-order valence-electron chi connectivity index (χ4n) is 2.97. The van der Waals surface area contributed by atoms with Gasteiger partial charge in [0.05, 0.1) is 12.6 Å². The number of carbonyl (C=O) groups excluding carboxylic acids is 3. The van der Waals surface area contributed by atoms with Gasteiger partial charge in [-0.1, -0.05) is 19.3 Å². The summed E-state index contributed by atoms with van der Waals surface area (Å²) >= 11 is 0. The highest BCUT2D eigenvalue weighted by Gasteiger charge is 2.39. The third-order valence-electron chi connectivity index (χ3n) is 4.38. The van der Waals surface area contributed by atoms with Crippen LogP contribution in [0.3, 0.4) is 0 Å². The maximum Gasteiger partial charge on any atom is 0.516 e. The normalized spacial score (nSPS) is 22.8. The number of rotatable bonds is 5. The van der Waals surface area contributed by atoms with Crippen molar-refractivity contribution in [2.45, 2.75) is 57.5 Å². The molecule has 0 aromatic heterocycles. The number of hydrogen-bond acceptors (Lipinski definition) is 6. The van der Waals surface area contributed by atoms with Gasteiger partial charge >= 0.3 is 12.1 Å². The first-order chi connectivity index (χ1) is 10.5. The Morgan fingerprint density at radius 3 is 2.55 bits per heavy atom. The number of amides is 1. The fraction of sp³-hybridized carbons (Fsp3) is 0.800. The Morgan fingerprint density at radius 2 is 1.95 bits per heavy atom. The van der Waals surface area contributed by atoms with Crippen LogP contribution in [0.15, 0.2) is 0 Å². The maximum atomic E-state index is 12.4. The molecule has 1 amide bonds. The molecule has 2 aliphatic rings. The van der Waals surface area contributed by atoms with E-state index in [0.29, 0.717) is 31.7 Å². The van der Waals surface area contributed by atoms with Gasteiger partial charge < -0.3 is 20.1 Å². The van der Waals surface area contributed by atoms with Crippen LogP contribution in [0.25, 0.3) is 0 Å². The van der Waals surface area contributed by atoms with Crippen molar-refractivity contribution in [3.05, 3.63) is 0 Å². The molecule has 0 aromatic carbocycles. The lowest BCUT2D eigenvalue weighted by atomic mass is 9.81. The summed E-state index contributed by atoms with van der Waals surface area (Å²) in [7, 11) is 0. The minimum absolute atomic E-state index is 0.131. The molecule has 7 heteroatoms. The Kier molecular flexibility index (Phi) is 5.76. The van der Waals surface area contributed by atoms with Crippen LogP contribution in [0, 0.1) is 5.92 Å². The smallest absolute Gasteiger partial charge is 0.434 e. The third kappa shape index (κ3) is 3.97. The van der Waals surface area contributed by atoms with Gasteiger partial charge in [0.15, 0.2) is 0 Å². The Bertz CT molecular complexity index is 436. The first-order valence-corrected chi connectivity index (χ1v) is 7.97. The molecule has 1 aliphatic heterocycles. The van der Waals surface area contributed by atoms with Crippen LogP contribution in [0.1, 0.15) is 45.4 Å². The van der Waals surface area contributed by atoms with E-state index < -0.39 is 24.2 Å². The van der Waals surface area contributed by atoms with Gasteiger partial charge in [-0.05, 0) is 32.1 Å². The summed E-state index contributed by atoms with van der Waals surface area (Å²) in [5.74, 6) is -0.443. The lowest BCUT2D eigenvalue weighted by molar-refractivity contribution is -0.150. The van der Waals surface area contributed by atoms with E-state index in [0.717, 1.165) is 12.8 Å². The van der Waals surface area contributed by atoms with E-state index in [9.17, 15) is 14.4 Å². The maximum absolute atomic E-state index is 12.4. The number of likely N-dealkylation sites (tertiary alicyclic amines) is 1. The molecule has 22 heavy (non-hydrogen) atoms. The van der Waals surface area contributed by atoms with Crippen LogP contribution in [0.5, 0.6) is 0 Å². The van der Waals surface area contributed by atoms with Crippen molar-refractivity contribution in [3.63, 3.8) is 0 Å². The number of hydrogen-bond donors (Lipinski definition) is 1. The molecule has 2 N–H and O–H groups in total. The van der Waals surface area contributed by atoms with Gasteiger partial charge in [0.2, 0.25) is 5.91 Å². The van der Waals surface area contributed by atoms with Crippen molar-refractivity contribution in [1.82, 2.24) is 4.90 Å². The highest BCUT2D eigenvalue weighted by Crippen LogP contribution is 2.31.